The van der Waals surface area contributed by atoms with E-state index >= 15 is 0 Å². The molecule has 0 N–H and O–H groups in total. The largest absolute Gasteiger partial charge is 0.437 e. The molecule has 0 radical (unpaired) electrons. The van der Waals surface area contributed by atoms with Gasteiger partial charge in [0.2, 0.25) is 0 Å². The van der Waals surface area contributed by atoms with Crippen molar-refractivity contribution >= 4 is 5.71 Å². The Morgan fingerprint density at radius 3 is 2.12 bits per heavy atom. The molecule has 0 aliphatic carbocycles. The molecule has 0 saturated carbocycles. The first kappa shape index (κ1) is 17.8. The maximum atomic E-state index is 13.1. The van der Waals surface area contributed by atoms with Crippen LogP contribution in [0.15, 0.2) is 59.8 Å². The second-order valence-corrected chi connectivity index (χ2v) is 4.78. The highest BCUT2D eigenvalue weighted by Gasteiger charge is 2.39. The van der Waals surface area contributed by atoms with Crippen LogP contribution in [-0.4, -0.2) is 11.9 Å². The highest BCUT2D eigenvalue weighted by atomic mass is 19.4. The predicted molar refractivity (Wildman–Crippen MR) is 75.3 cm³/mol. The smallest absolute Gasteiger partial charge is 0.390 e. The Hall–Kier alpha value is -2.51. The quantitative estimate of drug-likeness (QED) is 0.424. The summed E-state index contributed by atoms with van der Waals surface area (Å²) in [7, 11) is 0. The van der Waals surface area contributed by atoms with Gasteiger partial charge in [0.05, 0.1) is 5.56 Å². The summed E-state index contributed by atoms with van der Waals surface area (Å²) >= 11 is 0. The maximum absolute atomic E-state index is 13.1. The van der Waals surface area contributed by atoms with E-state index in [-0.39, 0.29) is 6.61 Å². The van der Waals surface area contributed by atoms with Gasteiger partial charge in [0.1, 0.15) is 6.61 Å². The van der Waals surface area contributed by atoms with Crippen LogP contribution < -0.4 is 0 Å². The summed E-state index contributed by atoms with van der Waals surface area (Å²) in [4.78, 5) is 4.67. The van der Waals surface area contributed by atoms with Crippen LogP contribution in [0.25, 0.3) is 0 Å². The molecule has 0 bridgehead atoms. The van der Waals surface area contributed by atoms with Gasteiger partial charge in [-0.3, -0.25) is 0 Å². The van der Waals surface area contributed by atoms with E-state index in [1.165, 1.54) is 0 Å². The Morgan fingerprint density at radius 1 is 0.875 bits per heavy atom. The van der Waals surface area contributed by atoms with Crippen LogP contribution in [0.2, 0.25) is 0 Å². The van der Waals surface area contributed by atoms with E-state index in [1.54, 1.807) is 30.3 Å². The zero-order chi connectivity index (χ0) is 17.8. The molecular weight excluding hydrogens is 336 g/mol. The summed E-state index contributed by atoms with van der Waals surface area (Å²) in [6.45, 7) is -0.237. The minimum absolute atomic E-state index is 0.237. The van der Waals surface area contributed by atoms with Crippen molar-refractivity contribution < 1.29 is 31.2 Å². The standard InChI is InChI=1S/C16H11F6NO/c17-15(18,19)13-8-4-7-12(9-13)14(16(20,21)22)23-24-10-11-5-2-1-3-6-11/h1-9H,10H2. The predicted octanol–water partition coefficient (Wildman–Crippen LogP) is 5.19. The summed E-state index contributed by atoms with van der Waals surface area (Å²) in [6, 6.07) is 11.1. The van der Waals surface area contributed by atoms with Gasteiger partial charge in [0, 0.05) is 5.56 Å². The lowest BCUT2D eigenvalue weighted by Gasteiger charge is -2.13. The lowest BCUT2D eigenvalue weighted by atomic mass is 10.1. The third kappa shape index (κ3) is 4.74. The molecule has 0 saturated heterocycles. The van der Waals surface area contributed by atoms with Crippen LogP contribution >= 0.6 is 0 Å². The highest BCUT2D eigenvalue weighted by Crippen LogP contribution is 2.31. The molecule has 0 amide bonds. The SMILES string of the molecule is FC(F)(F)C(=NOCc1ccccc1)c1cccc(C(F)(F)F)c1. The molecule has 2 aromatic rings. The monoisotopic (exact) mass is 347 g/mol. The Morgan fingerprint density at radius 2 is 1.54 bits per heavy atom. The Labute approximate surface area is 133 Å². The zero-order valence-electron chi connectivity index (χ0n) is 12.0. The highest BCUT2D eigenvalue weighted by molar-refractivity contribution is 6.04. The van der Waals surface area contributed by atoms with Gasteiger partial charge >= 0.3 is 12.4 Å². The number of nitrogens with zero attached hydrogens (tertiary/aromatic N) is 1. The van der Waals surface area contributed by atoms with E-state index < -0.39 is 29.2 Å². The van der Waals surface area contributed by atoms with Crippen LogP contribution in [0.3, 0.4) is 0 Å². The molecule has 0 atom stereocenters. The van der Waals surface area contributed by atoms with Gasteiger partial charge in [-0.25, -0.2) is 0 Å². The molecule has 0 spiro atoms. The summed E-state index contributed by atoms with van der Waals surface area (Å²) < 4.78 is 77.1. The topological polar surface area (TPSA) is 21.6 Å². The van der Waals surface area contributed by atoms with Gasteiger partial charge in [0.25, 0.3) is 0 Å². The van der Waals surface area contributed by atoms with E-state index in [0.717, 1.165) is 12.1 Å². The van der Waals surface area contributed by atoms with Gasteiger partial charge in [-0.05, 0) is 17.7 Å². The minimum Gasteiger partial charge on any atom is -0.390 e. The molecule has 0 aliphatic rings. The molecule has 2 nitrogen and oxygen atoms in total. The maximum Gasteiger partial charge on any atom is 0.437 e. The van der Waals surface area contributed by atoms with Crippen LogP contribution in [0.1, 0.15) is 16.7 Å². The number of alkyl halides is 6. The summed E-state index contributed by atoms with van der Waals surface area (Å²) in [5, 5.41) is 3.01. The molecule has 24 heavy (non-hydrogen) atoms. The number of benzene rings is 2. The summed E-state index contributed by atoms with van der Waals surface area (Å²) in [5.41, 5.74) is -2.86. The van der Waals surface area contributed by atoms with Gasteiger partial charge in [-0.2, -0.15) is 26.3 Å². The van der Waals surface area contributed by atoms with Gasteiger partial charge in [-0.15, -0.1) is 0 Å². The Balaban J connectivity index is 2.27. The minimum atomic E-state index is -4.96. The first-order valence-electron chi connectivity index (χ1n) is 6.66. The molecule has 0 aromatic heterocycles. The van der Waals surface area contributed by atoms with E-state index in [4.69, 9.17) is 0 Å². The molecule has 0 heterocycles. The van der Waals surface area contributed by atoms with Crippen molar-refractivity contribution in [2.75, 3.05) is 0 Å². The zero-order valence-corrected chi connectivity index (χ0v) is 12.0. The summed E-state index contributed by atoms with van der Waals surface area (Å²) in [6.07, 6.45) is -9.71. The first-order valence-corrected chi connectivity index (χ1v) is 6.66. The molecule has 128 valence electrons. The van der Waals surface area contributed by atoms with E-state index in [1.807, 2.05) is 0 Å². The van der Waals surface area contributed by atoms with E-state index in [9.17, 15) is 26.3 Å². The lowest BCUT2D eigenvalue weighted by Crippen LogP contribution is -2.25. The molecule has 2 aromatic carbocycles. The average molecular weight is 347 g/mol. The van der Waals surface area contributed by atoms with Crippen molar-refractivity contribution in [2.45, 2.75) is 19.0 Å². The number of hydrogen-bond donors (Lipinski definition) is 0. The number of rotatable bonds is 4. The third-order valence-electron chi connectivity index (χ3n) is 2.96. The van der Waals surface area contributed by atoms with Gasteiger partial charge in [-0.1, -0.05) is 47.6 Å². The van der Waals surface area contributed by atoms with Crippen molar-refractivity contribution in [1.29, 1.82) is 0 Å². The second-order valence-electron chi connectivity index (χ2n) is 4.78. The van der Waals surface area contributed by atoms with E-state index in [0.29, 0.717) is 17.7 Å². The van der Waals surface area contributed by atoms with Crippen molar-refractivity contribution in [3.63, 3.8) is 0 Å². The van der Waals surface area contributed by atoms with Crippen LogP contribution in [0.4, 0.5) is 26.3 Å². The number of hydrogen-bond acceptors (Lipinski definition) is 2. The average Bonchev–Trinajstić information content (AvgIpc) is 2.51. The Kier molecular flexibility index (Phi) is 5.16. The number of halogens is 6. The van der Waals surface area contributed by atoms with E-state index in [2.05, 4.69) is 9.99 Å². The van der Waals surface area contributed by atoms with Crippen molar-refractivity contribution in [3.8, 4) is 0 Å². The van der Waals surface area contributed by atoms with Crippen LogP contribution in [0.5, 0.6) is 0 Å². The number of oxime groups is 1. The Bertz CT molecular complexity index is 706. The molecule has 0 aliphatic heterocycles. The fourth-order valence-corrected chi connectivity index (χ4v) is 1.86. The van der Waals surface area contributed by atoms with Crippen molar-refractivity contribution in [2.24, 2.45) is 5.16 Å². The van der Waals surface area contributed by atoms with Crippen molar-refractivity contribution in [3.05, 3.63) is 71.3 Å². The molecular formula is C16H11F6NO. The summed E-state index contributed by atoms with van der Waals surface area (Å²) in [5.74, 6) is 0. The fraction of sp³-hybridized carbons (Fsp3) is 0.188. The second kappa shape index (κ2) is 6.94. The molecule has 0 fully saturated rings. The van der Waals surface area contributed by atoms with Gasteiger partial charge in [0.15, 0.2) is 5.71 Å². The lowest BCUT2D eigenvalue weighted by molar-refractivity contribution is -0.137. The third-order valence-corrected chi connectivity index (χ3v) is 2.96. The van der Waals surface area contributed by atoms with Crippen LogP contribution in [0, 0.1) is 0 Å². The molecule has 8 heteroatoms. The molecule has 2 rings (SSSR count). The molecule has 0 unspecified atom stereocenters. The normalized spacial score (nSPS) is 13.0. The van der Waals surface area contributed by atoms with Gasteiger partial charge < -0.3 is 4.84 Å². The van der Waals surface area contributed by atoms with Crippen LogP contribution in [-0.2, 0) is 17.6 Å². The van der Waals surface area contributed by atoms with Crippen molar-refractivity contribution in [1.82, 2.24) is 0 Å². The fourth-order valence-electron chi connectivity index (χ4n) is 1.86. The first-order chi connectivity index (χ1) is 11.2.